The maximum absolute atomic E-state index is 12.4. The summed E-state index contributed by atoms with van der Waals surface area (Å²) in [5.41, 5.74) is -0.566. The molecule has 61 heavy (non-hydrogen) atoms. The number of carbonyl (C=O) groups excluding carboxylic acids is 2. The highest BCUT2D eigenvalue weighted by molar-refractivity contribution is 5.69. The molecule has 2 saturated carbocycles. The molecule has 3 N–H and O–H groups in total. The van der Waals surface area contributed by atoms with Gasteiger partial charge in [0.2, 0.25) is 0 Å². The van der Waals surface area contributed by atoms with Crippen LogP contribution in [0.15, 0.2) is 0 Å². The molecule has 0 unspecified atom stereocenters. The Balaban J connectivity index is 0.000000231. The van der Waals surface area contributed by atoms with Crippen LogP contribution in [0.2, 0.25) is 0 Å². The monoisotopic (exact) mass is 856 g/mol. The minimum Gasteiger partial charge on any atom is -0.481 e. The van der Waals surface area contributed by atoms with E-state index in [1.54, 1.807) is 0 Å². The van der Waals surface area contributed by atoms with Crippen molar-refractivity contribution >= 4 is 18.2 Å². The van der Waals surface area contributed by atoms with E-state index in [2.05, 4.69) is 40.4 Å². The second kappa shape index (κ2) is 21.8. The smallest absolute Gasteiger partial charge is 0.410 e. The third-order valence-corrected chi connectivity index (χ3v) is 15.0. The molecule has 2 aliphatic carbocycles. The van der Waals surface area contributed by atoms with Gasteiger partial charge in [0.25, 0.3) is 0 Å². The molecule has 0 radical (unpaired) electrons. The predicted octanol–water partition coefficient (Wildman–Crippen LogP) is 8.17. The van der Waals surface area contributed by atoms with E-state index in [9.17, 15) is 19.5 Å². The summed E-state index contributed by atoms with van der Waals surface area (Å²) in [6.45, 7) is 23.7. The third kappa shape index (κ3) is 15.0. The normalized spacial score (nSPS) is 28.5. The van der Waals surface area contributed by atoms with Crippen LogP contribution in [0.5, 0.6) is 0 Å². The molecule has 4 aliphatic heterocycles. The number of likely N-dealkylation sites (tertiary alicyclic amines) is 4. The molecule has 4 atom stereocenters. The SMILES string of the molecule is CC(C)(C)OC(=O)N1CCC(C)(N2CCC(N[C@H]3CCCC[C@@H]3CC#N)CC2)CC1.CC(C)(C)OC(=O)N1CCC(C)(N2CCC(N[C@H]3CCCC[C@@H]3CC(=O)O)CC2)CC1. The van der Waals surface area contributed by atoms with E-state index in [1.807, 2.05) is 51.3 Å². The zero-order valence-electron chi connectivity index (χ0n) is 39.6. The molecule has 6 rings (SSSR count). The lowest BCUT2D eigenvalue weighted by Crippen LogP contribution is -2.58. The summed E-state index contributed by atoms with van der Waals surface area (Å²) >= 11 is 0. The zero-order chi connectivity index (χ0) is 44.4. The van der Waals surface area contributed by atoms with Gasteiger partial charge in [0.15, 0.2) is 0 Å². The van der Waals surface area contributed by atoms with Gasteiger partial charge in [0, 0.05) is 100 Å². The van der Waals surface area contributed by atoms with Crippen LogP contribution in [0.25, 0.3) is 0 Å². The lowest BCUT2D eigenvalue weighted by molar-refractivity contribution is -0.138. The minimum absolute atomic E-state index is 0.139. The minimum atomic E-state index is -0.667. The molecule has 6 fully saturated rings. The zero-order valence-corrected chi connectivity index (χ0v) is 39.6. The Kier molecular flexibility index (Phi) is 17.7. The summed E-state index contributed by atoms with van der Waals surface area (Å²) in [4.78, 5) is 45.0. The van der Waals surface area contributed by atoms with Crippen molar-refractivity contribution in [2.45, 2.75) is 217 Å². The van der Waals surface area contributed by atoms with Crippen LogP contribution < -0.4 is 10.6 Å². The first-order valence-corrected chi connectivity index (χ1v) is 24.3. The highest BCUT2D eigenvalue weighted by atomic mass is 16.6. The van der Waals surface area contributed by atoms with Gasteiger partial charge >= 0.3 is 18.2 Å². The molecular formula is C48H85N7O6. The van der Waals surface area contributed by atoms with Crippen LogP contribution in [0, 0.1) is 23.2 Å². The number of carboxylic acids is 1. The average Bonchev–Trinajstić information content (AvgIpc) is 3.19. The van der Waals surface area contributed by atoms with Gasteiger partial charge in [-0.15, -0.1) is 0 Å². The highest BCUT2D eigenvalue weighted by Crippen LogP contribution is 2.35. The topological polar surface area (TPSA) is 151 Å². The van der Waals surface area contributed by atoms with Gasteiger partial charge in [-0.25, -0.2) is 9.59 Å². The Hall–Kier alpha value is -2.66. The fourth-order valence-corrected chi connectivity index (χ4v) is 11.1. The van der Waals surface area contributed by atoms with Crippen LogP contribution >= 0.6 is 0 Å². The number of nitrogens with zero attached hydrogens (tertiary/aromatic N) is 5. The van der Waals surface area contributed by atoms with Gasteiger partial charge in [0.05, 0.1) is 6.07 Å². The van der Waals surface area contributed by atoms with E-state index >= 15 is 0 Å². The molecule has 2 amide bonds. The number of rotatable bonds is 9. The van der Waals surface area contributed by atoms with Crippen molar-refractivity contribution < 1.29 is 29.0 Å². The van der Waals surface area contributed by atoms with E-state index in [0.717, 1.165) is 110 Å². The van der Waals surface area contributed by atoms with Crippen LogP contribution in [0.3, 0.4) is 0 Å². The molecule has 0 spiro atoms. The van der Waals surface area contributed by atoms with Crippen molar-refractivity contribution in [2.75, 3.05) is 52.4 Å². The summed E-state index contributed by atoms with van der Waals surface area (Å²) in [6.07, 6.45) is 18.7. The number of amides is 2. The first-order chi connectivity index (χ1) is 28.8. The van der Waals surface area contributed by atoms with Gasteiger partial charge in [-0.05, 0) is 144 Å². The Bertz CT molecular complexity index is 1440. The fraction of sp³-hybridized carbons (Fsp3) is 0.917. The number of carbonyl (C=O) groups is 3. The quantitative estimate of drug-likeness (QED) is 0.206. The number of ether oxygens (including phenoxy) is 2. The van der Waals surface area contributed by atoms with Crippen molar-refractivity contribution in [2.24, 2.45) is 11.8 Å². The molecule has 0 aromatic rings. The lowest BCUT2D eigenvalue weighted by atomic mass is 9.81. The Labute approximate surface area is 369 Å². The van der Waals surface area contributed by atoms with Crippen molar-refractivity contribution in [1.82, 2.24) is 30.2 Å². The fourth-order valence-electron chi connectivity index (χ4n) is 11.1. The van der Waals surface area contributed by atoms with Crippen LogP contribution in [0.1, 0.15) is 171 Å². The Morgan fingerprint density at radius 2 is 0.967 bits per heavy atom. The molecule has 348 valence electrons. The van der Waals surface area contributed by atoms with Crippen LogP contribution in [-0.2, 0) is 14.3 Å². The number of nitriles is 1. The van der Waals surface area contributed by atoms with Crippen molar-refractivity contribution in [1.29, 1.82) is 5.26 Å². The summed E-state index contributed by atoms with van der Waals surface area (Å²) in [5, 5.41) is 26.1. The highest BCUT2D eigenvalue weighted by Gasteiger charge is 2.42. The summed E-state index contributed by atoms with van der Waals surface area (Å²) in [6, 6.07) is 4.35. The molecule has 13 heteroatoms. The predicted molar refractivity (Wildman–Crippen MR) is 240 cm³/mol. The maximum Gasteiger partial charge on any atom is 0.410 e. The largest absolute Gasteiger partial charge is 0.481 e. The summed E-state index contributed by atoms with van der Waals surface area (Å²) in [5.74, 6) is 0.148. The van der Waals surface area contributed by atoms with Crippen molar-refractivity contribution in [3.8, 4) is 6.07 Å². The van der Waals surface area contributed by atoms with E-state index in [0.29, 0.717) is 42.9 Å². The first-order valence-electron chi connectivity index (χ1n) is 24.3. The lowest BCUT2D eigenvalue weighted by Gasteiger charge is -2.49. The van der Waals surface area contributed by atoms with Gasteiger partial charge in [0.1, 0.15) is 11.2 Å². The molecule has 6 aliphatic rings. The molecular weight excluding hydrogens is 771 g/mol. The maximum atomic E-state index is 12.4. The second-order valence-corrected chi connectivity index (χ2v) is 22.0. The number of piperidine rings is 4. The molecule has 0 bridgehead atoms. The van der Waals surface area contributed by atoms with Crippen LogP contribution in [-0.4, -0.2) is 142 Å². The molecule has 13 nitrogen and oxygen atoms in total. The standard InChI is InChI=1S/C24H42N4O2.C24H43N3O4/c1-23(2,3)30-22(29)27-17-12-24(4,13-18-27)28-15-10-20(11-16-28)26-21-8-6-5-7-19(21)9-14-25;1-23(2,3)31-22(30)26-15-11-24(4,12-16-26)27-13-9-19(10-14-27)25-20-8-6-5-7-18(20)17-21(28)29/h19-21,26H,5-13,15-18H2,1-4H3;18-20,25H,5-17H2,1-4H3,(H,28,29)/t19-,21+;18-,20+/m11/s1. The number of hydrogen-bond donors (Lipinski definition) is 3. The third-order valence-electron chi connectivity index (χ3n) is 15.0. The summed E-state index contributed by atoms with van der Waals surface area (Å²) in [7, 11) is 0. The molecule has 4 heterocycles. The molecule has 0 aromatic carbocycles. The van der Waals surface area contributed by atoms with E-state index in [-0.39, 0.29) is 29.2 Å². The van der Waals surface area contributed by atoms with Gasteiger partial charge < -0.3 is 35.0 Å². The number of nitrogens with one attached hydrogen (secondary N) is 2. The van der Waals surface area contributed by atoms with Crippen LogP contribution in [0.4, 0.5) is 9.59 Å². The van der Waals surface area contributed by atoms with Gasteiger partial charge in [-0.3, -0.25) is 14.6 Å². The molecule has 4 saturated heterocycles. The second-order valence-electron chi connectivity index (χ2n) is 22.0. The van der Waals surface area contributed by atoms with E-state index in [4.69, 9.17) is 14.7 Å². The Morgan fingerprint density at radius 1 is 0.607 bits per heavy atom. The van der Waals surface area contributed by atoms with E-state index in [1.165, 1.54) is 44.9 Å². The van der Waals surface area contributed by atoms with Crippen molar-refractivity contribution in [3.63, 3.8) is 0 Å². The number of aliphatic carboxylic acids is 1. The van der Waals surface area contributed by atoms with Crippen molar-refractivity contribution in [3.05, 3.63) is 0 Å². The van der Waals surface area contributed by atoms with E-state index < -0.39 is 17.2 Å². The molecule has 0 aromatic heterocycles. The summed E-state index contributed by atoms with van der Waals surface area (Å²) < 4.78 is 11.1. The number of carboxylic acid groups (broad SMARTS) is 1. The average molecular weight is 856 g/mol. The van der Waals surface area contributed by atoms with Gasteiger partial charge in [-0.2, -0.15) is 5.26 Å². The first kappa shape index (κ1) is 49.4. The van der Waals surface area contributed by atoms with Gasteiger partial charge in [-0.1, -0.05) is 25.7 Å². The Morgan fingerprint density at radius 3 is 1.33 bits per heavy atom. The number of hydrogen-bond acceptors (Lipinski definition) is 10.